The number of alkyl halides is 3. The summed E-state index contributed by atoms with van der Waals surface area (Å²) in [6.07, 6.45) is -3.01. The normalized spacial score (nSPS) is 15.0. The molecule has 1 amide bonds. The van der Waals surface area contributed by atoms with E-state index in [9.17, 15) is 27.2 Å². The van der Waals surface area contributed by atoms with Crippen LogP contribution in [-0.2, 0) is 42.6 Å². The van der Waals surface area contributed by atoms with Crippen LogP contribution < -0.4 is 5.56 Å². The van der Waals surface area contributed by atoms with E-state index in [1.807, 2.05) is 13.8 Å². The average molecular weight is 673 g/mol. The molecule has 1 aromatic heterocycles. The summed E-state index contributed by atoms with van der Waals surface area (Å²) in [6.45, 7) is 6.20. The highest BCUT2D eigenvalue weighted by atomic mass is 32.2. The topological polar surface area (TPSA) is 58.4 Å². The molecule has 11 heteroatoms. The lowest BCUT2D eigenvalue weighted by atomic mass is 10.0. The summed E-state index contributed by atoms with van der Waals surface area (Å²) in [7, 11) is 0. The minimum absolute atomic E-state index is 0.172. The van der Waals surface area contributed by atoms with Crippen LogP contribution >= 0.6 is 11.8 Å². The Kier molecular flexibility index (Phi) is 8.80. The van der Waals surface area contributed by atoms with E-state index < -0.39 is 58.6 Å². The number of nitrogens with zero attached hydrogens (tertiary/aromatic N) is 4. The van der Waals surface area contributed by atoms with Crippen molar-refractivity contribution in [1.82, 2.24) is 19.4 Å². The van der Waals surface area contributed by atoms with E-state index in [1.165, 1.54) is 16.7 Å². The molecule has 0 fully saturated rings. The summed E-state index contributed by atoms with van der Waals surface area (Å²) in [5.74, 6) is -1.78. The SMILES string of the molecule is [2H]c1c([2H])c(C([2H])([2H])Sc2nc(=O)c3c(n2CC(=O)N(CCN(CC)CC)Cc2ccc(-c4ccc(C(F)(F)F)cc4)cc2)CCC3)c([2H])c([2H])c1F. The van der Waals surface area contributed by atoms with Gasteiger partial charge in [-0.15, -0.1) is 0 Å². The third-order valence-corrected chi connectivity index (χ3v) is 8.94. The molecule has 1 aliphatic rings. The van der Waals surface area contributed by atoms with Crippen molar-refractivity contribution in [3.05, 3.63) is 117 Å². The molecule has 4 aromatic rings. The first kappa shape index (κ1) is 27.0. The fourth-order valence-corrected chi connectivity index (χ4v) is 6.18. The van der Waals surface area contributed by atoms with Gasteiger partial charge in [-0.3, -0.25) is 9.59 Å². The lowest BCUT2D eigenvalue weighted by molar-refractivity contribution is -0.137. The molecule has 0 aliphatic heterocycles. The highest BCUT2D eigenvalue weighted by molar-refractivity contribution is 7.98. The monoisotopic (exact) mass is 672 g/mol. The van der Waals surface area contributed by atoms with E-state index in [-0.39, 0.29) is 24.2 Å². The molecule has 248 valence electrons. The maximum Gasteiger partial charge on any atom is 0.416 e. The van der Waals surface area contributed by atoms with E-state index in [1.54, 1.807) is 29.2 Å². The van der Waals surface area contributed by atoms with Crippen LogP contribution in [0.5, 0.6) is 0 Å². The van der Waals surface area contributed by atoms with Crippen molar-refractivity contribution < 1.29 is 30.6 Å². The molecule has 0 atom stereocenters. The van der Waals surface area contributed by atoms with Gasteiger partial charge in [-0.2, -0.15) is 18.2 Å². The van der Waals surface area contributed by atoms with Gasteiger partial charge in [0.15, 0.2) is 5.16 Å². The molecular weight excluding hydrogens is 628 g/mol. The van der Waals surface area contributed by atoms with Gasteiger partial charge in [0.25, 0.3) is 5.56 Å². The molecule has 0 N–H and O–H groups in total. The Morgan fingerprint density at radius 1 is 0.957 bits per heavy atom. The van der Waals surface area contributed by atoms with Crippen molar-refractivity contribution in [3.63, 3.8) is 0 Å². The predicted octanol–water partition coefficient (Wildman–Crippen LogP) is 7.22. The fraction of sp³-hybridized carbons (Fsp3) is 0.361. The largest absolute Gasteiger partial charge is 0.416 e. The maximum absolute atomic E-state index is 14.3. The standard InChI is InChI=1S/C36H38F4N4O2S/c1-3-42(4-2)20-21-43(22-25-8-12-27(13-9-25)28-14-16-29(17-15-28)36(38,39)40)33(45)23-44-32-7-5-6-31(32)34(46)41-35(44)47-24-26-10-18-30(37)19-11-26/h8-19H,3-7,20-24H2,1-2H3/i10D,11D,18D,19D,24D2. The Morgan fingerprint density at radius 2 is 1.60 bits per heavy atom. The van der Waals surface area contributed by atoms with Crippen LogP contribution in [0.2, 0.25) is 0 Å². The number of halogens is 4. The van der Waals surface area contributed by atoms with Crippen molar-refractivity contribution in [1.29, 1.82) is 0 Å². The lowest BCUT2D eigenvalue weighted by Gasteiger charge is -2.28. The Bertz CT molecular complexity index is 2010. The van der Waals surface area contributed by atoms with E-state index >= 15 is 0 Å². The molecule has 0 saturated carbocycles. The van der Waals surface area contributed by atoms with Gasteiger partial charge in [0.2, 0.25) is 5.91 Å². The minimum atomic E-state index is -4.45. The number of thioether (sulfide) groups is 1. The Labute approximate surface area is 284 Å². The van der Waals surface area contributed by atoms with Gasteiger partial charge in [-0.25, -0.2) is 4.39 Å². The zero-order valence-corrected chi connectivity index (χ0v) is 26.8. The van der Waals surface area contributed by atoms with Crippen LogP contribution in [0.1, 0.15) is 56.4 Å². The first-order valence-corrected chi connectivity index (χ1v) is 16.1. The molecule has 6 nitrogen and oxygen atoms in total. The molecule has 47 heavy (non-hydrogen) atoms. The van der Waals surface area contributed by atoms with Crippen molar-refractivity contribution in [2.75, 3.05) is 26.2 Å². The van der Waals surface area contributed by atoms with Crippen molar-refractivity contribution >= 4 is 17.7 Å². The number of hydrogen-bond donors (Lipinski definition) is 0. The Hall–Kier alpha value is -3.96. The smallest absolute Gasteiger partial charge is 0.336 e. The zero-order chi connectivity index (χ0) is 38.8. The van der Waals surface area contributed by atoms with Crippen LogP contribution in [0.15, 0.2) is 82.7 Å². The lowest BCUT2D eigenvalue weighted by Crippen LogP contribution is -2.40. The molecule has 0 spiro atoms. The Morgan fingerprint density at radius 3 is 2.21 bits per heavy atom. The molecule has 1 aliphatic carbocycles. The van der Waals surface area contributed by atoms with Gasteiger partial charge in [-0.1, -0.05) is 74.1 Å². The number of amides is 1. The van der Waals surface area contributed by atoms with E-state index in [4.69, 9.17) is 8.22 Å². The number of fused-ring (bicyclic) bond motifs is 1. The fourth-order valence-electron chi connectivity index (χ4n) is 5.48. The summed E-state index contributed by atoms with van der Waals surface area (Å²) < 4.78 is 105. The predicted molar refractivity (Wildman–Crippen MR) is 177 cm³/mol. The number of benzene rings is 3. The highest BCUT2D eigenvalue weighted by Crippen LogP contribution is 2.31. The molecule has 0 saturated heterocycles. The number of carbonyl (C=O) groups is 1. The number of likely N-dealkylation sites (N-methyl/N-ethyl adjacent to an activating group) is 1. The maximum atomic E-state index is 14.3. The molecule has 0 radical (unpaired) electrons. The number of carbonyl (C=O) groups excluding carboxylic acids is 1. The summed E-state index contributed by atoms with van der Waals surface area (Å²) in [5.41, 5.74) is -1.82. The third kappa shape index (κ3) is 8.70. The molecule has 1 heterocycles. The summed E-state index contributed by atoms with van der Waals surface area (Å²) in [6, 6.07) is 8.09. The van der Waals surface area contributed by atoms with Gasteiger partial charge < -0.3 is 14.4 Å². The van der Waals surface area contributed by atoms with Crippen LogP contribution in [0.3, 0.4) is 0 Å². The molecule has 0 bridgehead atoms. The number of rotatable bonds is 13. The van der Waals surface area contributed by atoms with E-state index in [0.717, 1.165) is 30.8 Å². The second-order valence-electron chi connectivity index (χ2n) is 11.1. The summed E-state index contributed by atoms with van der Waals surface area (Å²) in [5, 5.41) is -0.195. The summed E-state index contributed by atoms with van der Waals surface area (Å²) >= 11 is 0.357. The van der Waals surface area contributed by atoms with Crippen molar-refractivity contribution in [2.24, 2.45) is 0 Å². The Balaban J connectivity index is 1.46. The quantitative estimate of drug-likeness (QED) is 0.0853. The molecule has 5 rings (SSSR count). The molecule has 3 aromatic carbocycles. The van der Waals surface area contributed by atoms with E-state index in [0.29, 0.717) is 66.5 Å². The van der Waals surface area contributed by atoms with Crippen LogP contribution in [0.25, 0.3) is 11.1 Å². The molecule has 0 unspecified atom stereocenters. The molecular formula is C36H38F4N4O2S. The van der Waals surface area contributed by atoms with Crippen LogP contribution in [-0.4, -0.2) is 51.4 Å². The van der Waals surface area contributed by atoms with Crippen molar-refractivity contribution in [3.8, 4) is 11.1 Å². The minimum Gasteiger partial charge on any atom is -0.336 e. The average Bonchev–Trinajstić information content (AvgIpc) is 3.62. The zero-order valence-electron chi connectivity index (χ0n) is 32.0. The second kappa shape index (κ2) is 15.3. The van der Waals surface area contributed by atoms with Gasteiger partial charge >= 0.3 is 6.18 Å². The van der Waals surface area contributed by atoms with Gasteiger partial charge in [0.05, 0.1) is 11.0 Å². The number of aromatic nitrogens is 2. The van der Waals surface area contributed by atoms with Crippen LogP contribution in [0.4, 0.5) is 17.6 Å². The van der Waals surface area contributed by atoms with Gasteiger partial charge in [0, 0.05) is 39.3 Å². The second-order valence-corrected chi connectivity index (χ2v) is 11.8. The highest BCUT2D eigenvalue weighted by Gasteiger charge is 2.30. The van der Waals surface area contributed by atoms with E-state index in [2.05, 4.69) is 9.88 Å². The number of hydrogen-bond acceptors (Lipinski definition) is 5. The van der Waals surface area contributed by atoms with Crippen LogP contribution in [0, 0.1) is 5.82 Å². The summed E-state index contributed by atoms with van der Waals surface area (Å²) in [4.78, 5) is 35.3. The van der Waals surface area contributed by atoms with Gasteiger partial charge in [-0.05, 0) is 78.8 Å². The first-order valence-electron chi connectivity index (χ1n) is 18.3. The third-order valence-electron chi connectivity index (χ3n) is 8.14. The van der Waals surface area contributed by atoms with Gasteiger partial charge in [0.1, 0.15) is 12.4 Å². The first-order chi connectivity index (χ1) is 25.0. The van der Waals surface area contributed by atoms with Crippen molar-refractivity contribution in [2.45, 2.75) is 63.2 Å².